The molecule has 0 aliphatic heterocycles. The van der Waals surface area contributed by atoms with Crippen LogP contribution < -0.4 is 0 Å². The van der Waals surface area contributed by atoms with Crippen LogP contribution in [0.5, 0.6) is 0 Å². The second kappa shape index (κ2) is 8.47. The summed E-state index contributed by atoms with van der Waals surface area (Å²) < 4.78 is 15.5. The molecule has 16 heavy (non-hydrogen) atoms. The predicted molar refractivity (Wildman–Crippen MR) is 61.6 cm³/mol. The molecular weight excluding hydrogens is 230 g/mol. The number of hydrogen-bond acceptors (Lipinski definition) is 4. The Labute approximate surface area is 100 Å². The van der Waals surface area contributed by atoms with E-state index in [2.05, 4.69) is 4.98 Å². The van der Waals surface area contributed by atoms with Gasteiger partial charge in [-0.3, -0.25) is 0 Å². The summed E-state index contributed by atoms with van der Waals surface area (Å²) in [6.07, 6.45) is 1.65. The van der Waals surface area contributed by atoms with Crippen LogP contribution in [-0.2, 0) is 20.8 Å². The highest BCUT2D eigenvalue weighted by molar-refractivity contribution is 6.30. The number of hydrogen-bond donors (Lipinski definition) is 0. The minimum Gasteiger partial charge on any atom is -0.382 e. The average molecular weight is 246 g/mol. The Morgan fingerprint density at radius 1 is 1.19 bits per heavy atom. The maximum Gasteiger partial charge on any atom is 0.134 e. The lowest BCUT2D eigenvalue weighted by atomic mass is 10.3. The van der Waals surface area contributed by atoms with Gasteiger partial charge in [0.15, 0.2) is 0 Å². The summed E-state index contributed by atoms with van der Waals surface area (Å²) in [7, 11) is 1.64. The molecule has 0 unspecified atom stereocenters. The van der Waals surface area contributed by atoms with Crippen molar-refractivity contribution in [2.75, 3.05) is 33.5 Å². The van der Waals surface area contributed by atoms with E-state index in [1.807, 2.05) is 12.1 Å². The molecule has 0 aliphatic carbocycles. The lowest BCUT2D eigenvalue weighted by molar-refractivity contribution is 0.0199. The van der Waals surface area contributed by atoms with Crippen molar-refractivity contribution >= 4 is 11.6 Å². The van der Waals surface area contributed by atoms with Crippen molar-refractivity contribution in [2.45, 2.75) is 6.61 Å². The van der Waals surface area contributed by atoms with E-state index in [1.165, 1.54) is 0 Å². The summed E-state index contributed by atoms with van der Waals surface area (Å²) in [5.74, 6) is 0. The Bertz CT molecular complexity index is 296. The first kappa shape index (κ1) is 13.4. The molecule has 1 aromatic rings. The van der Waals surface area contributed by atoms with Gasteiger partial charge in [-0.15, -0.1) is 0 Å². The molecule has 0 N–H and O–H groups in total. The first-order valence-electron chi connectivity index (χ1n) is 5.08. The van der Waals surface area contributed by atoms with E-state index in [4.69, 9.17) is 25.8 Å². The minimum absolute atomic E-state index is 0.459. The maximum atomic E-state index is 5.87. The lowest BCUT2D eigenvalue weighted by Gasteiger charge is -2.06. The van der Waals surface area contributed by atoms with Gasteiger partial charge in [-0.05, 0) is 6.07 Å². The summed E-state index contributed by atoms with van der Waals surface area (Å²) >= 11 is 5.87. The van der Waals surface area contributed by atoms with E-state index in [0.717, 1.165) is 5.56 Å². The van der Waals surface area contributed by atoms with Crippen LogP contribution in [0.25, 0.3) is 0 Å². The molecule has 1 heterocycles. The highest BCUT2D eigenvalue weighted by atomic mass is 35.5. The van der Waals surface area contributed by atoms with Crippen LogP contribution in [0.1, 0.15) is 5.56 Å². The topological polar surface area (TPSA) is 40.6 Å². The third-order valence-electron chi connectivity index (χ3n) is 1.90. The number of methoxy groups -OCH3 is 1. The zero-order valence-electron chi connectivity index (χ0n) is 9.32. The number of aromatic nitrogens is 1. The summed E-state index contributed by atoms with van der Waals surface area (Å²) in [5.41, 5.74) is 0.890. The van der Waals surface area contributed by atoms with Crippen LogP contribution in [0.3, 0.4) is 0 Å². The van der Waals surface area contributed by atoms with E-state index >= 15 is 0 Å². The number of ether oxygens (including phenoxy) is 3. The second-order valence-electron chi connectivity index (χ2n) is 3.11. The van der Waals surface area contributed by atoms with Crippen molar-refractivity contribution in [3.05, 3.63) is 29.0 Å². The molecule has 0 atom stereocenters. The second-order valence-corrected chi connectivity index (χ2v) is 3.47. The molecular formula is C11H16ClNO3. The van der Waals surface area contributed by atoms with Crippen LogP contribution in [0, 0.1) is 0 Å². The van der Waals surface area contributed by atoms with Gasteiger partial charge in [0.2, 0.25) is 0 Å². The molecule has 0 spiro atoms. The van der Waals surface area contributed by atoms with Crippen molar-refractivity contribution in [2.24, 2.45) is 0 Å². The van der Waals surface area contributed by atoms with Crippen LogP contribution in [-0.4, -0.2) is 38.5 Å². The Morgan fingerprint density at radius 2 is 1.94 bits per heavy atom. The van der Waals surface area contributed by atoms with E-state index < -0.39 is 0 Å². The SMILES string of the molecule is COCCOCCOCc1cccnc1Cl. The summed E-state index contributed by atoms with van der Waals surface area (Å²) in [6.45, 7) is 2.75. The number of rotatable bonds is 8. The minimum atomic E-state index is 0.459. The molecule has 5 heteroatoms. The molecule has 1 rings (SSSR count). The summed E-state index contributed by atoms with van der Waals surface area (Å²) in [5, 5.41) is 0.489. The molecule has 1 aromatic heterocycles. The van der Waals surface area contributed by atoms with Crippen molar-refractivity contribution in [3.8, 4) is 0 Å². The van der Waals surface area contributed by atoms with Gasteiger partial charge in [-0.2, -0.15) is 0 Å². The van der Waals surface area contributed by atoms with Gasteiger partial charge in [0.1, 0.15) is 5.15 Å². The quantitative estimate of drug-likeness (QED) is 0.518. The zero-order chi connectivity index (χ0) is 11.6. The monoisotopic (exact) mass is 245 g/mol. The standard InChI is InChI=1S/C11H16ClNO3/c1-14-5-6-15-7-8-16-9-10-3-2-4-13-11(10)12/h2-4H,5-9H2,1H3. The number of nitrogens with zero attached hydrogens (tertiary/aromatic N) is 1. The van der Waals surface area contributed by atoms with Gasteiger partial charge in [0, 0.05) is 18.9 Å². The van der Waals surface area contributed by atoms with Crippen LogP contribution in [0.4, 0.5) is 0 Å². The fourth-order valence-electron chi connectivity index (χ4n) is 1.07. The van der Waals surface area contributed by atoms with E-state index in [1.54, 1.807) is 13.3 Å². The molecule has 90 valence electrons. The van der Waals surface area contributed by atoms with E-state index in [-0.39, 0.29) is 0 Å². The van der Waals surface area contributed by atoms with Gasteiger partial charge >= 0.3 is 0 Å². The molecule has 0 bridgehead atoms. The van der Waals surface area contributed by atoms with Crippen molar-refractivity contribution in [1.82, 2.24) is 4.98 Å². The van der Waals surface area contributed by atoms with Crippen molar-refractivity contribution in [3.63, 3.8) is 0 Å². The fraction of sp³-hybridized carbons (Fsp3) is 0.545. The summed E-state index contributed by atoms with van der Waals surface area (Å²) in [4.78, 5) is 3.96. The highest BCUT2D eigenvalue weighted by Crippen LogP contribution is 2.12. The average Bonchev–Trinajstić information content (AvgIpc) is 2.30. The molecule has 0 aliphatic rings. The number of halogens is 1. The van der Waals surface area contributed by atoms with Crippen molar-refractivity contribution < 1.29 is 14.2 Å². The van der Waals surface area contributed by atoms with Gasteiger partial charge in [0.05, 0.1) is 33.0 Å². The Hall–Kier alpha value is -0.680. The van der Waals surface area contributed by atoms with Gasteiger partial charge in [-0.25, -0.2) is 4.98 Å². The lowest BCUT2D eigenvalue weighted by Crippen LogP contribution is -2.08. The molecule has 0 radical (unpaired) electrons. The maximum absolute atomic E-state index is 5.87. The van der Waals surface area contributed by atoms with E-state index in [0.29, 0.717) is 38.2 Å². The Balaban J connectivity index is 2.05. The molecule has 0 saturated carbocycles. The third kappa shape index (κ3) is 5.42. The first-order valence-corrected chi connectivity index (χ1v) is 5.46. The fourth-order valence-corrected chi connectivity index (χ4v) is 1.25. The van der Waals surface area contributed by atoms with Crippen molar-refractivity contribution in [1.29, 1.82) is 0 Å². The molecule has 0 aromatic carbocycles. The highest BCUT2D eigenvalue weighted by Gasteiger charge is 1.99. The molecule has 4 nitrogen and oxygen atoms in total. The smallest absolute Gasteiger partial charge is 0.134 e. The molecule has 0 amide bonds. The van der Waals surface area contributed by atoms with Crippen LogP contribution in [0.2, 0.25) is 5.15 Å². The largest absolute Gasteiger partial charge is 0.382 e. The predicted octanol–water partition coefficient (Wildman–Crippen LogP) is 1.91. The first-order chi connectivity index (χ1) is 7.84. The third-order valence-corrected chi connectivity index (χ3v) is 2.24. The van der Waals surface area contributed by atoms with Gasteiger partial charge in [-0.1, -0.05) is 17.7 Å². The molecule has 0 fully saturated rings. The summed E-state index contributed by atoms with van der Waals surface area (Å²) in [6, 6.07) is 3.72. The molecule has 0 saturated heterocycles. The van der Waals surface area contributed by atoms with E-state index in [9.17, 15) is 0 Å². The van der Waals surface area contributed by atoms with Gasteiger partial charge in [0.25, 0.3) is 0 Å². The van der Waals surface area contributed by atoms with Gasteiger partial charge < -0.3 is 14.2 Å². The normalized spacial score (nSPS) is 10.6. The Morgan fingerprint density at radius 3 is 2.69 bits per heavy atom. The van der Waals surface area contributed by atoms with Crippen LogP contribution in [0.15, 0.2) is 18.3 Å². The van der Waals surface area contributed by atoms with Crippen LogP contribution >= 0.6 is 11.6 Å². The Kier molecular flexibility index (Phi) is 7.09. The zero-order valence-corrected chi connectivity index (χ0v) is 10.1. The number of pyridine rings is 1.